The van der Waals surface area contributed by atoms with Crippen LogP contribution in [0.4, 0.5) is 0 Å². The van der Waals surface area contributed by atoms with E-state index >= 15 is 0 Å². The molecule has 1 aromatic heterocycles. The summed E-state index contributed by atoms with van der Waals surface area (Å²) in [7, 11) is 0. The van der Waals surface area contributed by atoms with Gasteiger partial charge < -0.3 is 26.2 Å². The van der Waals surface area contributed by atoms with Crippen molar-refractivity contribution in [3.63, 3.8) is 0 Å². The predicted molar refractivity (Wildman–Crippen MR) is 143 cm³/mol. The molecule has 3 atom stereocenters. The summed E-state index contributed by atoms with van der Waals surface area (Å²) in [5.41, 5.74) is -0.669. The minimum absolute atomic E-state index is 0.0221. The third kappa shape index (κ3) is 8.30. The van der Waals surface area contributed by atoms with E-state index in [1.165, 1.54) is 23.5 Å². The Morgan fingerprint density at radius 2 is 1.75 bits per heavy atom. The molecule has 1 aliphatic heterocycles. The maximum Gasteiger partial charge on any atom is 0.289 e. The first-order chi connectivity index (χ1) is 18.9. The van der Waals surface area contributed by atoms with Crippen molar-refractivity contribution in [3.8, 4) is 0 Å². The van der Waals surface area contributed by atoms with Crippen LogP contribution in [-0.4, -0.2) is 87.9 Å². The van der Waals surface area contributed by atoms with Crippen molar-refractivity contribution in [2.24, 2.45) is 11.3 Å². The molecule has 40 heavy (non-hydrogen) atoms. The van der Waals surface area contributed by atoms with Crippen LogP contribution >= 0.6 is 0 Å². The second kappa shape index (κ2) is 13.4. The highest BCUT2D eigenvalue weighted by molar-refractivity contribution is 6.37. The van der Waals surface area contributed by atoms with E-state index in [1.54, 1.807) is 20.8 Å². The van der Waals surface area contributed by atoms with E-state index in [9.17, 15) is 28.8 Å². The molecule has 0 radical (unpaired) electrons. The van der Waals surface area contributed by atoms with E-state index < -0.39 is 59.4 Å². The lowest BCUT2D eigenvalue weighted by Crippen LogP contribution is -2.59. The lowest BCUT2D eigenvalue weighted by Gasteiger charge is -2.36. The molecule has 3 rings (SSSR count). The molecule has 4 N–H and O–H groups in total. The maximum absolute atomic E-state index is 13.8. The quantitative estimate of drug-likeness (QED) is 0.253. The van der Waals surface area contributed by atoms with Crippen LogP contribution in [-0.2, 0) is 24.0 Å². The molecule has 0 spiro atoms. The number of amides is 5. The minimum atomic E-state index is -0.991. The van der Waals surface area contributed by atoms with Gasteiger partial charge in [0.1, 0.15) is 17.8 Å². The van der Waals surface area contributed by atoms with Crippen molar-refractivity contribution < 1.29 is 28.8 Å². The van der Waals surface area contributed by atoms with E-state index in [2.05, 4.69) is 31.2 Å². The van der Waals surface area contributed by atoms with Gasteiger partial charge in [-0.15, -0.1) is 0 Å². The Balaban J connectivity index is 1.66. The molecule has 218 valence electrons. The first kappa shape index (κ1) is 30.6. The monoisotopic (exact) mass is 557 g/mol. The molecule has 2 aliphatic rings. The topological polar surface area (TPSA) is 180 Å². The molecule has 0 aromatic carbocycles. The SMILES string of the molecule is CCC[C@H]1CCN(C(=O)C(NC(=O)CNC(=O)c2cnccn2)C(C)(C)C)[C@@H]1C(=O)NCC(=O)C(=O)NC1CC1. The number of rotatable bonds is 12. The van der Waals surface area contributed by atoms with Crippen LogP contribution in [0.3, 0.4) is 0 Å². The van der Waals surface area contributed by atoms with Crippen molar-refractivity contribution >= 4 is 35.3 Å². The van der Waals surface area contributed by atoms with Crippen LogP contribution in [0.1, 0.15) is 70.3 Å². The summed E-state index contributed by atoms with van der Waals surface area (Å²) in [5, 5.41) is 10.3. The van der Waals surface area contributed by atoms with Crippen LogP contribution in [0, 0.1) is 11.3 Å². The van der Waals surface area contributed by atoms with Gasteiger partial charge in [-0.1, -0.05) is 34.1 Å². The summed E-state index contributed by atoms with van der Waals surface area (Å²) >= 11 is 0. The Labute approximate surface area is 233 Å². The third-order valence-electron chi connectivity index (χ3n) is 6.95. The number of aromatic nitrogens is 2. The fourth-order valence-corrected chi connectivity index (χ4v) is 4.67. The number of ketones is 1. The van der Waals surface area contributed by atoms with Crippen LogP contribution in [0.5, 0.6) is 0 Å². The summed E-state index contributed by atoms with van der Waals surface area (Å²) in [6.45, 7) is 6.82. The average Bonchev–Trinajstić information content (AvgIpc) is 3.64. The van der Waals surface area contributed by atoms with E-state index in [-0.39, 0.29) is 24.2 Å². The average molecular weight is 558 g/mol. The van der Waals surface area contributed by atoms with Crippen molar-refractivity contribution in [1.82, 2.24) is 36.1 Å². The third-order valence-corrected chi connectivity index (χ3v) is 6.95. The van der Waals surface area contributed by atoms with Gasteiger partial charge in [-0.2, -0.15) is 0 Å². The maximum atomic E-state index is 13.8. The summed E-state index contributed by atoms with van der Waals surface area (Å²) < 4.78 is 0. The molecule has 13 nitrogen and oxygen atoms in total. The molecule has 2 fully saturated rings. The Morgan fingerprint density at radius 3 is 2.35 bits per heavy atom. The highest BCUT2D eigenvalue weighted by atomic mass is 16.2. The van der Waals surface area contributed by atoms with Gasteiger partial charge in [0, 0.05) is 25.0 Å². The number of Topliss-reactive ketones (excluding diaryl/α,β-unsaturated/α-hetero) is 1. The van der Waals surface area contributed by atoms with Gasteiger partial charge in [0.15, 0.2) is 0 Å². The van der Waals surface area contributed by atoms with Gasteiger partial charge in [-0.25, -0.2) is 4.98 Å². The number of carbonyl (C=O) groups excluding carboxylic acids is 6. The smallest absolute Gasteiger partial charge is 0.289 e. The van der Waals surface area contributed by atoms with Crippen LogP contribution in [0.2, 0.25) is 0 Å². The molecular formula is C27H39N7O6. The van der Waals surface area contributed by atoms with Crippen LogP contribution < -0.4 is 21.3 Å². The molecule has 1 unspecified atom stereocenters. The fraction of sp³-hybridized carbons (Fsp3) is 0.630. The second-order valence-corrected chi connectivity index (χ2v) is 11.3. The summed E-state index contributed by atoms with van der Waals surface area (Å²) in [4.78, 5) is 85.5. The first-order valence-electron chi connectivity index (χ1n) is 13.7. The molecule has 13 heteroatoms. The Bertz CT molecular complexity index is 1120. The largest absolute Gasteiger partial charge is 0.347 e. The number of nitrogens with zero attached hydrogens (tertiary/aromatic N) is 3. The molecule has 0 bridgehead atoms. The van der Waals surface area contributed by atoms with E-state index in [1.807, 2.05) is 6.92 Å². The second-order valence-electron chi connectivity index (χ2n) is 11.3. The normalized spacial score (nSPS) is 19.4. The Morgan fingerprint density at radius 1 is 1.02 bits per heavy atom. The minimum Gasteiger partial charge on any atom is -0.347 e. The molecule has 1 aliphatic carbocycles. The molecular weight excluding hydrogens is 518 g/mol. The standard InChI is InChI=1S/C27H39N7O6/c1-5-6-16-9-12-34(21(16)25(39)30-14-19(35)24(38)32-17-7-8-17)26(40)22(27(2,3)4)33-20(36)15-31-23(37)18-13-28-10-11-29-18/h10-11,13,16-17,21-22H,5-9,12,14-15H2,1-4H3,(H,30,39)(H,31,37)(H,32,38)(H,33,36)/t16-,21-,22?/m0/s1. The van der Waals surface area contributed by atoms with Crippen molar-refractivity contribution in [2.75, 3.05) is 19.6 Å². The lowest BCUT2D eigenvalue weighted by molar-refractivity contribution is -0.145. The first-order valence-corrected chi connectivity index (χ1v) is 13.7. The van der Waals surface area contributed by atoms with Crippen LogP contribution in [0.15, 0.2) is 18.6 Å². The van der Waals surface area contributed by atoms with E-state index in [0.717, 1.165) is 19.3 Å². The number of hydrogen-bond donors (Lipinski definition) is 4. The van der Waals surface area contributed by atoms with Gasteiger partial charge in [-0.3, -0.25) is 33.8 Å². The molecule has 1 saturated carbocycles. The van der Waals surface area contributed by atoms with Crippen molar-refractivity contribution in [1.29, 1.82) is 0 Å². The number of nitrogens with one attached hydrogen (secondary N) is 4. The van der Waals surface area contributed by atoms with E-state index in [4.69, 9.17) is 0 Å². The zero-order chi connectivity index (χ0) is 29.4. The fourth-order valence-electron chi connectivity index (χ4n) is 4.67. The zero-order valence-corrected chi connectivity index (χ0v) is 23.5. The van der Waals surface area contributed by atoms with Crippen LogP contribution in [0.25, 0.3) is 0 Å². The van der Waals surface area contributed by atoms with E-state index in [0.29, 0.717) is 19.4 Å². The number of hydrogen-bond acceptors (Lipinski definition) is 8. The van der Waals surface area contributed by atoms with Gasteiger partial charge in [0.2, 0.25) is 23.5 Å². The predicted octanol–water partition coefficient (Wildman–Crippen LogP) is -0.282. The highest BCUT2D eigenvalue weighted by Crippen LogP contribution is 2.31. The zero-order valence-electron chi connectivity index (χ0n) is 23.5. The van der Waals surface area contributed by atoms with Gasteiger partial charge in [0.25, 0.3) is 11.8 Å². The number of carbonyl (C=O) groups is 6. The highest BCUT2D eigenvalue weighted by Gasteiger charge is 2.46. The van der Waals surface area contributed by atoms with Crippen molar-refractivity contribution in [3.05, 3.63) is 24.3 Å². The molecule has 1 aromatic rings. The molecule has 1 saturated heterocycles. The van der Waals surface area contributed by atoms with Gasteiger partial charge in [0.05, 0.1) is 19.3 Å². The lowest BCUT2D eigenvalue weighted by atomic mass is 9.85. The summed E-state index contributed by atoms with van der Waals surface area (Å²) in [5.74, 6) is -3.71. The Kier molecular flexibility index (Phi) is 10.3. The Hall–Kier alpha value is -3.90. The van der Waals surface area contributed by atoms with Crippen molar-refractivity contribution in [2.45, 2.75) is 77.9 Å². The van der Waals surface area contributed by atoms with Gasteiger partial charge in [-0.05, 0) is 37.0 Å². The summed E-state index contributed by atoms with van der Waals surface area (Å²) in [6, 6.07) is -1.81. The molecule has 2 heterocycles. The molecule has 5 amide bonds. The summed E-state index contributed by atoms with van der Waals surface area (Å²) in [6.07, 6.45) is 7.80. The van der Waals surface area contributed by atoms with Gasteiger partial charge >= 0.3 is 0 Å². The number of likely N-dealkylation sites (tertiary alicyclic amines) is 1.